The first-order valence-corrected chi connectivity index (χ1v) is 9.92. The van der Waals surface area contributed by atoms with Crippen molar-refractivity contribution in [2.45, 2.75) is 12.8 Å². The summed E-state index contributed by atoms with van der Waals surface area (Å²) in [6.45, 7) is 2.17. The average molecular weight is 379 g/mol. The monoisotopic (exact) mass is 379 g/mol. The van der Waals surface area contributed by atoms with Crippen LogP contribution in [0.4, 0.5) is 0 Å². The maximum Gasteiger partial charge on any atom is 0.355 e. The first-order chi connectivity index (χ1) is 14.3. The lowest BCUT2D eigenvalue weighted by molar-refractivity contribution is 0.0521. The largest absolute Gasteiger partial charge is 0.461 e. The van der Waals surface area contributed by atoms with Gasteiger partial charge in [0, 0.05) is 16.8 Å². The fourth-order valence-electron chi connectivity index (χ4n) is 4.39. The molecule has 1 aliphatic carbocycles. The van der Waals surface area contributed by atoms with Crippen molar-refractivity contribution in [3.63, 3.8) is 0 Å². The fourth-order valence-corrected chi connectivity index (χ4v) is 4.39. The molecular weight excluding hydrogens is 358 g/mol. The number of rotatable bonds is 4. The van der Waals surface area contributed by atoms with Gasteiger partial charge in [-0.1, -0.05) is 84.9 Å². The van der Waals surface area contributed by atoms with Crippen LogP contribution in [0.2, 0.25) is 0 Å². The van der Waals surface area contributed by atoms with E-state index in [0.717, 1.165) is 22.4 Å². The Morgan fingerprint density at radius 1 is 0.862 bits per heavy atom. The van der Waals surface area contributed by atoms with Gasteiger partial charge in [0.1, 0.15) is 5.69 Å². The molecule has 3 nitrogen and oxygen atoms in total. The second kappa shape index (κ2) is 7.10. The lowest BCUT2D eigenvalue weighted by atomic mass is 9.92. The maximum absolute atomic E-state index is 12.8. The predicted molar refractivity (Wildman–Crippen MR) is 115 cm³/mol. The van der Waals surface area contributed by atoms with Crippen molar-refractivity contribution in [2.75, 3.05) is 6.61 Å². The molecule has 5 rings (SSSR count). The first kappa shape index (κ1) is 17.5. The van der Waals surface area contributed by atoms with Crippen LogP contribution in [0.25, 0.3) is 22.3 Å². The molecule has 0 saturated heterocycles. The molecular formula is C26H21NO2. The van der Waals surface area contributed by atoms with Crippen LogP contribution in [0.3, 0.4) is 0 Å². The van der Waals surface area contributed by atoms with Gasteiger partial charge in [-0.15, -0.1) is 0 Å². The van der Waals surface area contributed by atoms with E-state index in [1.807, 2.05) is 43.3 Å². The molecule has 0 fully saturated rings. The molecule has 1 N–H and O–H groups in total. The van der Waals surface area contributed by atoms with Crippen LogP contribution in [0.5, 0.6) is 0 Å². The van der Waals surface area contributed by atoms with Gasteiger partial charge in [-0.05, 0) is 29.2 Å². The first-order valence-electron chi connectivity index (χ1n) is 9.92. The number of H-pyrrole nitrogens is 1. The molecule has 1 aliphatic rings. The van der Waals surface area contributed by atoms with Gasteiger partial charge in [-0.2, -0.15) is 0 Å². The molecule has 29 heavy (non-hydrogen) atoms. The van der Waals surface area contributed by atoms with Gasteiger partial charge in [-0.25, -0.2) is 4.79 Å². The lowest BCUT2D eigenvalue weighted by Gasteiger charge is -2.14. The number of nitrogens with one attached hydrogen (secondary N) is 1. The van der Waals surface area contributed by atoms with Crippen molar-refractivity contribution in [2.24, 2.45) is 0 Å². The zero-order valence-corrected chi connectivity index (χ0v) is 16.2. The number of hydrogen-bond acceptors (Lipinski definition) is 2. The van der Waals surface area contributed by atoms with Crippen molar-refractivity contribution in [3.05, 3.63) is 107 Å². The predicted octanol–water partition coefficient (Wildman–Crippen LogP) is 6.02. The van der Waals surface area contributed by atoms with Gasteiger partial charge >= 0.3 is 5.97 Å². The van der Waals surface area contributed by atoms with Crippen molar-refractivity contribution >= 4 is 5.97 Å². The van der Waals surface area contributed by atoms with Crippen molar-refractivity contribution in [3.8, 4) is 22.3 Å². The van der Waals surface area contributed by atoms with E-state index in [-0.39, 0.29) is 11.9 Å². The van der Waals surface area contributed by atoms with Crippen molar-refractivity contribution in [1.82, 2.24) is 4.98 Å². The summed E-state index contributed by atoms with van der Waals surface area (Å²) in [7, 11) is 0. The minimum atomic E-state index is -0.315. The van der Waals surface area contributed by atoms with E-state index < -0.39 is 0 Å². The summed E-state index contributed by atoms with van der Waals surface area (Å²) in [6.07, 6.45) is 0. The highest BCUT2D eigenvalue weighted by molar-refractivity contribution is 6.04. The second-order valence-electron chi connectivity index (χ2n) is 7.18. The van der Waals surface area contributed by atoms with Gasteiger partial charge in [0.15, 0.2) is 0 Å². The number of ether oxygens (including phenoxy) is 1. The number of carbonyl (C=O) groups excluding carboxylic acids is 1. The quantitative estimate of drug-likeness (QED) is 0.388. The third-order valence-electron chi connectivity index (χ3n) is 5.53. The Labute approximate surface area is 170 Å². The van der Waals surface area contributed by atoms with Gasteiger partial charge in [0.2, 0.25) is 0 Å². The standard InChI is InChI=1S/C26H21NO2/c1-2-29-26(28)25-22(18-13-7-4-8-14-18)23-20-16-10-9-15-19(20)21(24(23)27-25)17-11-5-3-6-12-17/h3-16,21,27H,2H2,1H3. The van der Waals surface area contributed by atoms with Gasteiger partial charge in [0.25, 0.3) is 0 Å². The Morgan fingerprint density at radius 2 is 1.52 bits per heavy atom. The highest BCUT2D eigenvalue weighted by atomic mass is 16.5. The summed E-state index contributed by atoms with van der Waals surface area (Å²) in [5.41, 5.74) is 8.24. The van der Waals surface area contributed by atoms with Crippen LogP contribution in [-0.4, -0.2) is 17.6 Å². The van der Waals surface area contributed by atoms with Crippen LogP contribution < -0.4 is 0 Å². The smallest absolute Gasteiger partial charge is 0.355 e. The highest BCUT2D eigenvalue weighted by Gasteiger charge is 2.36. The van der Waals surface area contributed by atoms with Crippen LogP contribution in [0, 0.1) is 0 Å². The molecule has 0 radical (unpaired) electrons. The van der Waals surface area contributed by atoms with Crippen molar-refractivity contribution < 1.29 is 9.53 Å². The third kappa shape index (κ3) is 2.78. The van der Waals surface area contributed by atoms with E-state index in [1.165, 1.54) is 16.7 Å². The Bertz CT molecular complexity index is 1180. The van der Waals surface area contributed by atoms with E-state index in [9.17, 15) is 4.79 Å². The van der Waals surface area contributed by atoms with Gasteiger partial charge in [-0.3, -0.25) is 0 Å². The van der Waals surface area contributed by atoms with Gasteiger partial charge in [0.05, 0.1) is 12.5 Å². The van der Waals surface area contributed by atoms with E-state index in [1.54, 1.807) is 0 Å². The number of aromatic nitrogens is 1. The summed E-state index contributed by atoms with van der Waals surface area (Å²) in [5.74, 6) is -0.252. The van der Waals surface area contributed by atoms with Crippen molar-refractivity contribution in [1.29, 1.82) is 0 Å². The van der Waals surface area contributed by atoms with E-state index >= 15 is 0 Å². The van der Waals surface area contributed by atoms with Gasteiger partial charge < -0.3 is 9.72 Å². The molecule has 0 spiro atoms. The Hall–Kier alpha value is -3.59. The molecule has 3 heteroatoms. The van der Waals surface area contributed by atoms with E-state index in [2.05, 4.69) is 53.5 Å². The minimum absolute atomic E-state index is 0.0630. The Morgan fingerprint density at radius 3 is 2.24 bits per heavy atom. The number of fused-ring (bicyclic) bond motifs is 3. The Kier molecular flexibility index (Phi) is 4.28. The fraction of sp³-hybridized carbons (Fsp3) is 0.115. The molecule has 0 aliphatic heterocycles. The number of hydrogen-bond donors (Lipinski definition) is 1. The summed E-state index contributed by atoms with van der Waals surface area (Å²) in [5, 5.41) is 0. The molecule has 1 unspecified atom stereocenters. The minimum Gasteiger partial charge on any atom is -0.461 e. The molecule has 4 aromatic rings. The third-order valence-corrected chi connectivity index (χ3v) is 5.53. The number of benzene rings is 3. The molecule has 0 bridgehead atoms. The average Bonchev–Trinajstić information content (AvgIpc) is 3.30. The molecule has 0 saturated carbocycles. The molecule has 3 aromatic carbocycles. The summed E-state index contributed by atoms with van der Waals surface area (Å²) in [4.78, 5) is 16.3. The van der Waals surface area contributed by atoms with Crippen LogP contribution in [0.15, 0.2) is 84.9 Å². The highest BCUT2D eigenvalue weighted by Crippen LogP contribution is 2.52. The van der Waals surface area contributed by atoms with E-state index in [4.69, 9.17) is 4.74 Å². The Balaban J connectivity index is 1.82. The lowest BCUT2D eigenvalue weighted by Crippen LogP contribution is -2.08. The summed E-state index contributed by atoms with van der Waals surface area (Å²) < 4.78 is 5.39. The molecule has 1 aromatic heterocycles. The van der Waals surface area contributed by atoms with Crippen LogP contribution in [-0.2, 0) is 4.74 Å². The van der Waals surface area contributed by atoms with Crippen LogP contribution in [0.1, 0.15) is 40.2 Å². The van der Waals surface area contributed by atoms with E-state index in [0.29, 0.717) is 12.3 Å². The maximum atomic E-state index is 12.8. The summed E-state index contributed by atoms with van der Waals surface area (Å²) >= 11 is 0. The SMILES string of the molecule is CCOC(=O)c1[nH]c2c(c1-c1ccccc1)-c1ccccc1C2c1ccccc1. The zero-order valence-electron chi connectivity index (χ0n) is 16.2. The molecule has 1 heterocycles. The molecule has 0 amide bonds. The van der Waals surface area contributed by atoms with Crippen LogP contribution >= 0.6 is 0 Å². The zero-order chi connectivity index (χ0) is 19.8. The second-order valence-corrected chi connectivity index (χ2v) is 7.18. The number of esters is 1. The number of aromatic amines is 1. The summed E-state index contributed by atoms with van der Waals surface area (Å²) in [6, 6.07) is 29.0. The topological polar surface area (TPSA) is 42.1 Å². The molecule has 1 atom stereocenters. The normalized spacial score (nSPS) is 14.3. The number of carbonyl (C=O) groups is 1. The molecule has 142 valence electrons.